The topological polar surface area (TPSA) is 56.7 Å². The summed E-state index contributed by atoms with van der Waals surface area (Å²) in [5.74, 6) is -0.855. The second-order valence-corrected chi connectivity index (χ2v) is 7.55. The summed E-state index contributed by atoms with van der Waals surface area (Å²) in [6, 6.07) is 15.5. The lowest BCUT2D eigenvalue weighted by Crippen LogP contribution is -2.30. The largest absolute Gasteiger partial charge is 0.478 e. The van der Waals surface area contributed by atoms with E-state index >= 15 is 0 Å². The maximum atomic E-state index is 11.4. The SMILES string of the molecule is O=C(O)c1ccccc1CN1CCCN(c2nc3ccccc3s2)CC1. The van der Waals surface area contributed by atoms with Crippen LogP contribution in [0.25, 0.3) is 10.2 Å². The molecule has 26 heavy (non-hydrogen) atoms. The molecule has 2 heterocycles. The molecule has 0 radical (unpaired) electrons. The fourth-order valence-electron chi connectivity index (χ4n) is 3.42. The Hall–Kier alpha value is -2.44. The van der Waals surface area contributed by atoms with Crippen LogP contribution in [0.15, 0.2) is 48.5 Å². The summed E-state index contributed by atoms with van der Waals surface area (Å²) in [6.07, 6.45) is 1.05. The van der Waals surface area contributed by atoms with Gasteiger partial charge >= 0.3 is 5.97 Å². The molecule has 3 aromatic rings. The molecule has 2 aromatic carbocycles. The Bertz CT molecular complexity index is 891. The number of carbonyl (C=O) groups is 1. The average molecular weight is 367 g/mol. The number of carboxylic acids is 1. The number of nitrogens with zero attached hydrogens (tertiary/aromatic N) is 3. The van der Waals surface area contributed by atoms with Gasteiger partial charge in [-0.15, -0.1) is 0 Å². The van der Waals surface area contributed by atoms with Gasteiger partial charge in [0.15, 0.2) is 5.13 Å². The van der Waals surface area contributed by atoms with E-state index in [-0.39, 0.29) is 0 Å². The molecule has 1 N–H and O–H groups in total. The molecule has 1 saturated heterocycles. The van der Waals surface area contributed by atoms with Crippen LogP contribution in [0.2, 0.25) is 0 Å². The smallest absolute Gasteiger partial charge is 0.336 e. The molecule has 5 nitrogen and oxygen atoms in total. The lowest BCUT2D eigenvalue weighted by molar-refractivity contribution is 0.0694. The molecule has 0 spiro atoms. The fourth-order valence-corrected chi connectivity index (χ4v) is 4.44. The number of hydrogen-bond donors (Lipinski definition) is 1. The Labute approximate surface area is 156 Å². The summed E-state index contributed by atoms with van der Waals surface area (Å²) >= 11 is 1.74. The maximum absolute atomic E-state index is 11.4. The van der Waals surface area contributed by atoms with Gasteiger partial charge in [0.2, 0.25) is 0 Å². The van der Waals surface area contributed by atoms with E-state index < -0.39 is 5.97 Å². The van der Waals surface area contributed by atoms with Crippen molar-refractivity contribution in [3.63, 3.8) is 0 Å². The Morgan fingerprint density at radius 1 is 1.04 bits per heavy atom. The predicted octanol–water partition coefficient (Wildman–Crippen LogP) is 3.71. The van der Waals surface area contributed by atoms with Crippen LogP contribution in [0.5, 0.6) is 0 Å². The van der Waals surface area contributed by atoms with Gasteiger partial charge in [0.1, 0.15) is 0 Å². The Kier molecular flexibility index (Phi) is 4.86. The third kappa shape index (κ3) is 3.57. The first-order valence-electron chi connectivity index (χ1n) is 8.85. The molecule has 6 heteroatoms. The lowest BCUT2D eigenvalue weighted by atomic mass is 10.1. The number of anilines is 1. The summed E-state index contributed by atoms with van der Waals surface area (Å²) < 4.78 is 1.22. The third-order valence-corrected chi connectivity index (χ3v) is 5.88. The summed E-state index contributed by atoms with van der Waals surface area (Å²) in [6.45, 7) is 4.45. The molecule has 1 fully saturated rings. The van der Waals surface area contributed by atoms with Crippen molar-refractivity contribution in [2.45, 2.75) is 13.0 Å². The van der Waals surface area contributed by atoms with E-state index in [9.17, 15) is 9.90 Å². The molecule has 0 amide bonds. The summed E-state index contributed by atoms with van der Waals surface area (Å²) in [7, 11) is 0. The van der Waals surface area contributed by atoms with E-state index in [0.29, 0.717) is 12.1 Å². The van der Waals surface area contributed by atoms with Crippen molar-refractivity contribution in [1.82, 2.24) is 9.88 Å². The first kappa shape index (κ1) is 17.0. The second-order valence-electron chi connectivity index (χ2n) is 6.54. The van der Waals surface area contributed by atoms with Gasteiger partial charge in [0.05, 0.1) is 15.8 Å². The van der Waals surface area contributed by atoms with Gasteiger partial charge in [-0.1, -0.05) is 41.7 Å². The highest BCUT2D eigenvalue weighted by Crippen LogP contribution is 2.29. The van der Waals surface area contributed by atoms with Crippen molar-refractivity contribution in [2.75, 3.05) is 31.1 Å². The van der Waals surface area contributed by atoms with Crippen molar-refractivity contribution in [2.24, 2.45) is 0 Å². The number of carboxylic acid groups (broad SMARTS) is 1. The first-order chi connectivity index (χ1) is 12.7. The normalized spacial score (nSPS) is 15.9. The highest BCUT2D eigenvalue weighted by atomic mass is 32.1. The number of thiazole rings is 1. The van der Waals surface area contributed by atoms with Crippen molar-refractivity contribution in [3.05, 3.63) is 59.7 Å². The number of aromatic carboxylic acids is 1. The van der Waals surface area contributed by atoms with Crippen molar-refractivity contribution >= 4 is 32.7 Å². The third-order valence-electron chi connectivity index (χ3n) is 4.78. The van der Waals surface area contributed by atoms with Crippen LogP contribution in [0.4, 0.5) is 5.13 Å². The predicted molar refractivity (Wildman–Crippen MR) is 105 cm³/mol. The zero-order valence-electron chi connectivity index (χ0n) is 14.5. The molecule has 0 aliphatic carbocycles. The first-order valence-corrected chi connectivity index (χ1v) is 9.66. The molecule has 134 valence electrons. The summed E-state index contributed by atoms with van der Waals surface area (Å²) in [5.41, 5.74) is 2.34. The van der Waals surface area contributed by atoms with Crippen LogP contribution >= 0.6 is 11.3 Å². The Morgan fingerprint density at radius 3 is 2.69 bits per heavy atom. The molecular weight excluding hydrogens is 346 g/mol. The molecule has 1 aromatic heterocycles. The highest BCUT2D eigenvalue weighted by molar-refractivity contribution is 7.22. The van der Waals surface area contributed by atoms with Crippen molar-refractivity contribution in [3.8, 4) is 0 Å². The molecular formula is C20H21N3O2S. The minimum atomic E-state index is -0.855. The van der Waals surface area contributed by atoms with Crippen molar-refractivity contribution < 1.29 is 9.90 Å². The number of rotatable bonds is 4. The van der Waals surface area contributed by atoms with E-state index in [0.717, 1.165) is 48.8 Å². The minimum absolute atomic E-state index is 0.403. The fraction of sp³-hybridized carbons (Fsp3) is 0.300. The van der Waals surface area contributed by atoms with Gasteiger partial charge in [0, 0.05) is 32.7 Å². The molecule has 1 aliphatic heterocycles. The molecule has 0 bridgehead atoms. The number of hydrogen-bond acceptors (Lipinski definition) is 5. The summed E-state index contributed by atoms with van der Waals surface area (Å²) in [4.78, 5) is 20.9. The number of aromatic nitrogens is 1. The van der Waals surface area contributed by atoms with Gasteiger partial charge < -0.3 is 10.0 Å². The van der Waals surface area contributed by atoms with Gasteiger partial charge in [0.25, 0.3) is 0 Å². The highest BCUT2D eigenvalue weighted by Gasteiger charge is 2.19. The van der Waals surface area contributed by atoms with E-state index in [4.69, 9.17) is 4.98 Å². The zero-order valence-corrected chi connectivity index (χ0v) is 15.3. The van der Waals surface area contributed by atoms with Gasteiger partial charge in [-0.3, -0.25) is 4.90 Å². The molecule has 4 rings (SSSR count). The van der Waals surface area contributed by atoms with E-state index in [2.05, 4.69) is 21.9 Å². The Balaban J connectivity index is 1.46. The van der Waals surface area contributed by atoms with Gasteiger partial charge in [-0.25, -0.2) is 9.78 Å². The number of fused-ring (bicyclic) bond motifs is 1. The Morgan fingerprint density at radius 2 is 1.85 bits per heavy atom. The van der Waals surface area contributed by atoms with Crippen LogP contribution in [0.3, 0.4) is 0 Å². The van der Waals surface area contributed by atoms with E-state index in [1.54, 1.807) is 23.5 Å². The molecule has 0 unspecified atom stereocenters. The average Bonchev–Trinajstić information content (AvgIpc) is 2.95. The van der Waals surface area contributed by atoms with Crippen LogP contribution in [0, 0.1) is 0 Å². The standard InChI is InChI=1S/C20H21N3O2S/c24-19(25)16-7-2-1-6-15(16)14-22-10-5-11-23(13-12-22)20-21-17-8-3-4-9-18(17)26-20/h1-4,6-9H,5,10-14H2,(H,24,25). The number of benzene rings is 2. The van der Waals surface area contributed by atoms with Crippen molar-refractivity contribution in [1.29, 1.82) is 0 Å². The minimum Gasteiger partial charge on any atom is -0.478 e. The van der Waals surface area contributed by atoms with Crippen LogP contribution < -0.4 is 4.90 Å². The maximum Gasteiger partial charge on any atom is 0.336 e. The summed E-state index contributed by atoms with van der Waals surface area (Å²) in [5, 5.41) is 10.5. The second kappa shape index (κ2) is 7.43. The lowest BCUT2D eigenvalue weighted by Gasteiger charge is -2.22. The zero-order chi connectivity index (χ0) is 17.9. The molecule has 0 atom stereocenters. The van der Waals surface area contributed by atoms with E-state index in [1.165, 1.54) is 4.70 Å². The molecule has 1 aliphatic rings. The quantitative estimate of drug-likeness (QED) is 0.762. The van der Waals surface area contributed by atoms with Gasteiger partial charge in [-0.2, -0.15) is 0 Å². The number of para-hydroxylation sites is 1. The van der Waals surface area contributed by atoms with Crippen LogP contribution in [-0.2, 0) is 6.54 Å². The van der Waals surface area contributed by atoms with E-state index in [1.807, 2.05) is 24.3 Å². The van der Waals surface area contributed by atoms with Crippen LogP contribution in [-0.4, -0.2) is 47.1 Å². The van der Waals surface area contributed by atoms with Gasteiger partial charge in [-0.05, 0) is 30.2 Å². The van der Waals surface area contributed by atoms with Crippen LogP contribution in [0.1, 0.15) is 22.3 Å². The monoisotopic (exact) mass is 367 g/mol. The molecule has 0 saturated carbocycles.